The summed E-state index contributed by atoms with van der Waals surface area (Å²) in [4.78, 5) is 12.3. The van der Waals surface area contributed by atoms with Crippen LogP contribution < -0.4 is 10.6 Å². The van der Waals surface area contributed by atoms with E-state index in [0.717, 1.165) is 12.1 Å². The van der Waals surface area contributed by atoms with Gasteiger partial charge in [-0.05, 0) is 49.8 Å². The van der Waals surface area contributed by atoms with Gasteiger partial charge >= 0.3 is 0 Å². The molecule has 3 atom stereocenters. The lowest BCUT2D eigenvalue weighted by molar-refractivity contribution is -0.117. The molecule has 0 bridgehead atoms. The molecule has 1 aromatic carbocycles. The third-order valence-corrected chi connectivity index (χ3v) is 4.46. The molecule has 1 amide bonds. The first kappa shape index (κ1) is 15.3. The van der Waals surface area contributed by atoms with Crippen molar-refractivity contribution in [1.29, 1.82) is 0 Å². The molecule has 1 heterocycles. The topological polar surface area (TPSA) is 41.1 Å². The number of hydrogen-bond donors (Lipinski definition) is 2. The molecule has 110 valence electrons. The molecule has 20 heavy (non-hydrogen) atoms. The van der Waals surface area contributed by atoms with E-state index in [4.69, 9.17) is 0 Å². The summed E-state index contributed by atoms with van der Waals surface area (Å²) in [5.74, 6) is 0.835. The molecule has 1 saturated heterocycles. The van der Waals surface area contributed by atoms with Gasteiger partial charge in [-0.25, -0.2) is 0 Å². The van der Waals surface area contributed by atoms with Crippen molar-refractivity contribution >= 4 is 24.0 Å². The number of amides is 1. The molecule has 1 saturated carbocycles. The lowest BCUT2D eigenvalue weighted by atomic mass is 9.85. The minimum absolute atomic E-state index is 0. The van der Waals surface area contributed by atoms with Crippen LogP contribution in [-0.2, 0) is 4.79 Å². The molecule has 3 nitrogen and oxygen atoms in total. The summed E-state index contributed by atoms with van der Waals surface area (Å²) in [5, 5.41) is 6.55. The molecule has 3 rings (SSSR count). The van der Waals surface area contributed by atoms with Gasteiger partial charge in [-0.15, -0.1) is 12.4 Å². The van der Waals surface area contributed by atoms with Crippen molar-refractivity contribution in [3.63, 3.8) is 0 Å². The highest BCUT2D eigenvalue weighted by Crippen LogP contribution is 2.33. The van der Waals surface area contributed by atoms with Crippen molar-refractivity contribution in [1.82, 2.24) is 5.32 Å². The Morgan fingerprint density at radius 3 is 2.85 bits per heavy atom. The lowest BCUT2D eigenvalue weighted by Crippen LogP contribution is -2.39. The fourth-order valence-corrected chi connectivity index (χ4v) is 3.47. The van der Waals surface area contributed by atoms with Crippen LogP contribution in [0.5, 0.6) is 0 Å². The summed E-state index contributed by atoms with van der Waals surface area (Å²) in [7, 11) is 0. The lowest BCUT2D eigenvalue weighted by Gasteiger charge is -2.24. The summed E-state index contributed by atoms with van der Waals surface area (Å²) in [6, 6.07) is 8.55. The van der Waals surface area contributed by atoms with E-state index in [1.165, 1.54) is 31.2 Å². The van der Waals surface area contributed by atoms with Gasteiger partial charge in [0.15, 0.2) is 0 Å². The van der Waals surface area contributed by atoms with Crippen LogP contribution in [0.3, 0.4) is 0 Å². The van der Waals surface area contributed by atoms with E-state index in [1.54, 1.807) is 0 Å². The highest BCUT2D eigenvalue weighted by Gasteiger charge is 2.38. The minimum atomic E-state index is -0.00591. The summed E-state index contributed by atoms with van der Waals surface area (Å²) < 4.78 is 0. The normalized spacial score (nSPS) is 28.4. The van der Waals surface area contributed by atoms with Gasteiger partial charge in [0, 0.05) is 11.7 Å². The second kappa shape index (κ2) is 6.59. The average Bonchev–Trinajstić information content (AvgIpc) is 2.82. The summed E-state index contributed by atoms with van der Waals surface area (Å²) in [5.41, 5.74) is 2.08. The zero-order valence-corrected chi connectivity index (χ0v) is 12.7. The van der Waals surface area contributed by atoms with Gasteiger partial charge in [0.2, 0.25) is 5.91 Å². The average molecular weight is 295 g/mol. The van der Waals surface area contributed by atoms with Gasteiger partial charge in [0.25, 0.3) is 0 Å². The first-order valence-electron chi connectivity index (χ1n) is 7.36. The van der Waals surface area contributed by atoms with E-state index >= 15 is 0 Å². The van der Waals surface area contributed by atoms with Crippen LogP contribution in [0.4, 0.5) is 5.69 Å². The van der Waals surface area contributed by atoms with Gasteiger partial charge in [-0.3, -0.25) is 4.79 Å². The van der Waals surface area contributed by atoms with E-state index in [1.807, 2.05) is 31.2 Å². The maximum absolute atomic E-state index is 12.3. The molecular formula is C16H23ClN2O. The molecule has 4 heteroatoms. The number of rotatable bonds is 2. The number of carbonyl (C=O) groups excluding carboxylic acids is 1. The Kier molecular flexibility index (Phi) is 5.06. The van der Waals surface area contributed by atoms with E-state index in [-0.39, 0.29) is 24.4 Å². The summed E-state index contributed by atoms with van der Waals surface area (Å²) in [6.45, 7) is 2.04. The zero-order chi connectivity index (χ0) is 13.2. The van der Waals surface area contributed by atoms with Crippen LogP contribution in [0.2, 0.25) is 0 Å². The van der Waals surface area contributed by atoms with Crippen LogP contribution in [0.25, 0.3) is 0 Å². The van der Waals surface area contributed by atoms with Gasteiger partial charge in [-0.1, -0.05) is 25.0 Å². The summed E-state index contributed by atoms with van der Waals surface area (Å²) >= 11 is 0. The molecule has 2 aliphatic rings. The Balaban J connectivity index is 0.00000147. The van der Waals surface area contributed by atoms with Gasteiger partial charge in [-0.2, -0.15) is 0 Å². The highest BCUT2D eigenvalue weighted by atomic mass is 35.5. The van der Waals surface area contributed by atoms with Crippen molar-refractivity contribution in [2.45, 2.75) is 51.1 Å². The van der Waals surface area contributed by atoms with E-state index in [0.29, 0.717) is 12.0 Å². The molecule has 1 aliphatic carbocycles. The molecule has 1 aliphatic heterocycles. The highest BCUT2D eigenvalue weighted by molar-refractivity contribution is 5.95. The van der Waals surface area contributed by atoms with Crippen LogP contribution in [0.1, 0.15) is 37.7 Å². The first-order valence-corrected chi connectivity index (χ1v) is 7.36. The number of hydrogen-bond acceptors (Lipinski definition) is 2. The fraction of sp³-hybridized carbons (Fsp3) is 0.562. The fourth-order valence-electron chi connectivity index (χ4n) is 3.47. The quantitative estimate of drug-likeness (QED) is 0.879. The number of fused-ring (bicyclic) bond motifs is 1. The molecule has 3 unspecified atom stereocenters. The predicted octanol–water partition coefficient (Wildman–Crippen LogP) is 3.28. The Morgan fingerprint density at radius 1 is 1.30 bits per heavy atom. The number of carbonyl (C=O) groups is 1. The first-order chi connectivity index (χ1) is 9.22. The van der Waals surface area contributed by atoms with Crippen molar-refractivity contribution in [3.8, 4) is 0 Å². The minimum Gasteiger partial charge on any atom is -0.325 e. The van der Waals surface area contributed by atoms with Gasteiger partial charge < -0.3 is 10.6 Å². The second-order valence-electron chi connectivity index (χ2n) is 5.96. The van der Waals surface area contributed by atoms with Crippen LogP contribution >= 0.6 is 12.4 Å². The second-order valence-corrected chi connectivity index (χ2v) is 5.96. The molecular weight excluding hydrogens is 272 g/mol. The zero-order valence-electron chi connectivity index (χ0n) is 11.9. The Morgan fingerprint density at radius 2 is 2.10 bits per heavy atom. The number of benzene rings is 1. The SMILES string of the molecule is Cc1cccc(NC(=O)C2CC3CCCCC3N2)c1.Cl. The van der Waals surface area contributed by atoms with Gasteiger partial charge in [0.1, 0.15) is 0 Å². The smallest absolute Gasteiger partial charge is 0.241 e. The van der Waals surface area contributed by atoms with Crippen molar-refractivity contribution < 1.29 is 4.79 Å². The molecule has 2 N–H and O–H groups in total. The third kappa shape index (κ3) is 3.33. The molecule has 1 aromatic rings. The van der Waals surface area contributed by atoms with E-state index < -0.39 is 0 Å². The Labute approximate surface area is 126 Å². The van der Waals surface area contributed by atoms with E-state index in [2.05, 4.69) is 10.6 Å². The van der Waals surface area contributed by atoms with Crippen LogP contribution in [0, 0.1) is 12.8 Å². The van der Waals surface area contributed by atoms with Crippen molar-refractivity contribution in [2.24, 2.45) is 5.92 Å². The molecule has 0 aromatic heterocycles. The van der Waals surface area contributed by atoms with E-state index in [9.17, 15) is 4.79 Å². The summed E-state index contributed by atoms with van der Waals surface area (Å²) in [6.07, 6.45) is 6.16. The monoisotopic (exact) mass is 294 g/mol. The maximum atomic E-state index is 12.3. The molecule has 0 radical (unpaired) electrons. The van der Waals surface area contributed by atoms with Crippen molar-refractivity contribution in [3.05, 3.63) is 29.8 Å². The number of halogens is 1. The molecule has 2 fully saturated rings. The van der Waals surface area contributed by atoms with Crippen LogP contribution in [-0.4, -0.2) is 18.0 Å². The molecule has 0 spiro atoms. The van der Waals surface area contributed by atoms with Gasteiger partial charge in [0.05, 0.1) is 6.04 Å². The number of anilines is 1. The third-order valence-electron chi connectivity index (χ3n) is 4.46. The largest absolute Gasteiger partial charge is 0.325 e. The predicted molar refractivity (Wildman–Crippen MR) is 84.3 cm³/mol. The standard InChI is InChI=1S/C16H22N2O.ClH/c1-11-5-4-7-13(9-11)17-16(19)15-10-12-6-2-3-8-14(12)18-15;/h4-5,7,9,12,14-15,18H,2-3,6,8,10H2,1H3,(H,17,19);1H. The number of aryl methyl sites for hydroxylation is 1. The Bertz CT molecular complexity index is 463. The van der Waals surface area contributed by atoms with Crippen molar-refractivity contribution in [2.75, 3.05) is 5.32 Å². The Hall–Kier alpha value is -1.06. The maximum Gasteiger partial charge on any atom is 0.241 e. The van der Waals surface area contributed by atoms with Crippen LogP contribution in [0.15, 0.2) is 24.3 Å². The number of nitrogens with one attached hydrogen (secondary N) is 2.